The highest BCUT2D eigenvalue weighted by molar-refractivity contribution is 5.83. The fourth-order valence-electron chi connectivity index (χ4n) is 2.43. The minimum absolute atomic E-state index is 0.206. The molecule has 0 bridgehead atoms. The molecule has 0 amide bonds. The molecule has 8 heteroatoms. The van der Waals surface area contributed by atoms with Gasteiger partial charge in [0.05, 0.1) is 19.0 Å². The maximum atomic E-state index is 9.81. The fourth-order valence-corrected chi connectivity index (χ4v) is 2.43. The average Bonchev–Trinajstić information content (AvgIpc) is 3.01. The van der Waals surface area contributed by atoms with E-state index >= 15 is 0 Å². The number of hydrogen-bond donors (Lipinski definition) is 2. The third-order valence-corrected chi connectivity index (χ3v) is 3.46. The monoisotopic (exact) mass is 279 g/mol. The van der Waals surface area contributed by atoms with Gasteiger partial charge in [0.2, 0.25) is 0 Å². The van der Waals surface area contributed by atoms with Crippen LogP contribution in [0.2, 0.25) is 0 Å². The summed E-state index contributed by atoms with van der Waals surface area (Å²) >= 11 is 0. The summed E-state index contributed by atoms with van der Waals surface area (Å²) in [6.07, 6.45) is 1.88. The van der Waals surface area contributed by atoms with Crippen molar-refractivity contribution in [1.29, 1.82) is 0 Å². The van der Waals surface area contributed by atoms with Crippen molar-refractivity contribution in [2.75, 3.05) is 25.6 Å². The van der Waals surface area contributed by atoms with Crippen LogP contribution in [0.5, 0.6) is 0 Å². The van der Waals surface area contributed by atoms with Crippen LogP contribution in [-0.2, 0) is 4.74 Å². The number of aromatic nitrogens is 4. The van der Waals surface area contributed by atoms with Crippen LogP contribution in [0.25, 0.3) is 11.2 Å². The van der Waals surface area contributed by atoms with Gasteiger partial charge in [-0.3, -0.25) is 4.57 Å². The van der Waals surface area contributed by atoms with Crippen LogP contribution < -0.4 is 4.90 Å². The van der Waals surface area contributed by atoms with E-state index in [2.05, 4.69) is 15.0 Å². The molecule has 1 unspecified atom stereocenters. The number of hydrogen-bond acceptors (Lipinski definition) is 7. The first-order valence-corrected chi connectivity index (χ1v) is 6.41. The molecule has 1 aliphatic rings. The number of aliphatic hydroxyl groups is 2. The molecule has 20 heavy (non-hydrogen) atoms. The first-order chi connectivity index (χ1) is 9.61. The lowest BCUT2D eigenvalue weighted by Crippen LogP contribution is -2.24. The summed E-state index contributed by atoms with van der Waals surface area (Å²) in [5.41, 5.74) is 1.34. The van der Waals surface area contributed by atoms with E-state index in [1.807, 2.05) is 19.0 Å². The standard InChI is InChI=1S/C12H17N5O3/c1-16(2)11-10-12(14-5-13-11)17(6-15-10)9-3-7(19)8(4-18)20-9/h5-9,18-19H,3-4H2,1-2H3/t7?,8-,9-/m1/s1. The van der Waals surface area contributed by atoms with Gasteiger partial charge in [-0.2, -0.15) is 0 Å². The molecule has 3 rings (SSSR count). The second-order valence-corrected chi connectivity index (χ2v) is 5.03. The van der Waals surface area contributed by atoms with E-state index in [0.29, 0.717) is 17.6 Å². The summed E-state index contributed by atoms with van der Waals surface area (Å²) in [5.74, 6) is 0.728. The van der Waals surface area contributed by atoms with E-state index in [9.17, 15) is 5.11 Å². The molecule has 3 heterocycles. The quantitative estimate of drug-likeness (QED) is 0.784. The zero-order valence-corrected chi connectivity index (χ0v) is 11.3. The van der Waals surface area contributed by atoms with Crippen molar-refractivity contribution in [3.05, 3.63) is 12.7 Å². The summed E-state index contributed by atoms with van der Waals surface area (Å²) in [7, 11) is 3.77. The van der Waals surface area contributed by atoms with Gasteiger partial charge in [0.25, 0.3) is 0 Å². The van der Waals surface area contributed by atoms with Crippen molar-refractivity contribution in [1.82, 2.24) is 19.5 Å². The molecular formula is C12H17N5O3. The van der Waals surface area contributed by atoms with Crippen LogP contribution in [0.3, 0.4) is 0 Å². The number of imidazole rings is 1. The molecule has 1 fully saturated rings. The average molecular weight is 279 g/mol. The van der Waals surface area contributed by atoms with Crippen molar-refractivity contribution < 1.29 is 14.9 Å². The summed E-state index contributed by atoms with van der Waals surface area (Å²) in [5, 5.41) is 19.0. The van der Waals surface area contributed by atoms with Crippen molar-refractivity contribution in [2.45, 2.75) is 24.9 Å². The van der Waals surface area contributed by atoms with E-state index in [1.54, 1.807) is 10.9 Å². The third kappa shape index (κ3) is 2.01. The number of fused-ring (bicyclic) bond motifs is 1. The van der Waals surface area contributed by atoms with Crippen LogP contribution >= 0.6 is 0 Å². The summed E-state index contributed by atoms with van der Waals surface area (Å²) < 4.78 is 7.39. The molecule has 0 aromatic carbocycles. The maximum absolute atomic E-state index is 9.81. The summed E-state index contributed by atoms with van der Waals surface area (Å²) in [6.45, 7) is -0.206. The van der Waals surface area contributed by atoms with Crippen LogP contribution in [0.1, 0.15) is 12.6 Å². The van der Waals surface area contributed by atoms with Gasteiger partial charge in [0, 0.05) is 20.5 Å². The largest absolute Gasteiger partial charge is 0.394 e. The van der Waals surface area contributed by atoms with Crippen molar-refractivity contribution in [3.63, 3.8) is 0 Å². The van der Waals surface area contributed by atoms with Gasteiger partial charge >= 0.3 is 0 Å². The summed E-state index contributed by atoms with van der Waals surface area (Å²) in [4.78, 5) is 14.6. The van der Waals surface area contributed by atoms with Gasteiger partial charge in [0.1, 0.15) is 18.7 Å². The number of rotatable bonds is 3. The van der Waals surface area contributed by atoms with Crippen molar-refractivity contribution in [3.8, 4) is 0 Å². The second-order valence-electron chi connectivity index (χ2n) is 5.03. The molecule has 2 aromatic heterocycles. The molecule has 0 radical (unpaired) electrons. The van der Waals surface area contributed by atoms with Crippen molar-refractivity contribution in [2.24, 2.45) is 0 Å². The molecule has 108 valence electrons. The van der Waals surface area contributed by atoms with E-state index in [4.69, 9.17) is 9.84 Å². The highest BCUT2D eigenvalue weighted by atomic mass is 16.5. The van der Waals surface area contributed by atoms with E-state index in [-0.39, 0.29) is 12.8 Å². The Labute approximate surface area is 115 Å². The van der Waals surface area contributed by atoms with E-state index in [0.717, 1.165) is 5.82 Å². The minimum atomic E-state index is -0.683. The predicted octanol–water partition coefficient (Wildman–Crippen LogP) is -0.467. The number of anilines is 1. The third-order valence-electron chi connectivity index (χ3n) is 3.46. The Kier molecular flexibility index (Phi) is 3.28. The first-order valence-electron chi connectivity index (χ1n) is 6.41. The topological polar surface area (TPSA) is 96.5 Å². The molecule has 0 spiro atoms. The molecule has 0 saturated carbocycles. The van der Waals surface area contributed by atoms with Crippen molar-refractivity contribution >= 4 is 17.0 Å². The van der Waals surface area contributed by atoms with Crippen LogP contribution in [0, 0.1) is 0 Å². The molecule has 2 aromatic rings. The Morgan fingerprint density at radius 3 is 2.85 bits per heavy atom. The van der Waals surface area contributed by atoms with E-state index < -0.39 is 12.2 Å². The van der Waals surface area contributed by atoms with Gasteiger partial charge in [-0.1, -0.05) is 0 Å². The zero-order chi connectivity index (χ0) is 14.3. The fraction of sp³-hybridized carbons (Fsp3) is 0.583. The minimum Gasteiger partial charge on any atom is -0.394 e. The SMILES string of the molecule is CN(C)c1ncnc2c1ncn2[C@H]1CC(O)[C@@H](CO)O1. The smallest absolute Gasteiger partial charge is 0.167 e. The summed E-state index contributed by atoms with van der Waals surface area (Å²) in [6, 6.07) is 0. The number of ether oxygens (including phenoxy) is 1. The van der Waals surface area contributed by atoms with Gasteiger partial charge in [0.15, 0.2) is 17.0 Å². The predicted molar refractivity (Wildman–Crippen MR) is 71.3 cm³/mol. The highest BCUT2D eigenvalue weighted by Gasteiger charge is 2.35. The number of aliphatic hydroxyl groups excluding tert-OH is 2. The van der Waals surface area contributed by atoms with Crippen LogP contribution in [0.15, 0.2) is 12.7 Å². The molecule has 8 nitrogen and oxygen atoms in total. The zero-order valence-electron chi connectivity index (χ0n) is 11.3. The second kappa shape index (κ2) is 4.97. The normalized spacial score (nSPS) is 26.3. The van der Waals surface area contributed by atoms with Gasteiger partial charge < -0.3 is 19.8 Å². The Hall–Kier alpha value is -1.77. The van der Waals surface area contributed by atoms with Crippen LogP contribution in [-0.4, -0.2) is 62.6 Å². The number of nitrogens with zero attached hydrogens (tertiary/aromatic N) is 5. The highest BCUT2D eigenvalue weighted by Crippen LogP contribution is 2.31. The van der Waals surface area contributed by atoms with Gasteiger partial charge in [-0.15, -0.1) is 0 Å². The lowest BCUT2D eigenvalue weighted by molar-refractivity contribution is -0.0432. The first kappa shape index (κ1) is 13.2. The van der Waals surface area contributed by atoms with Gasteiger partial charge in [-0.25, -0.2) is 15.0 Å². The Morgan fingerprint density at radius 2 is 2.20 bits per heavy atom. The Bertz CT molecular complexity index is 614. The molecule has 1 aliphatic heterocycles. The molecular weight excluding hydrogens is 262 g/mol. The lowest BCUT2D eigenvalue weighted by atomic mass is 10.2. The Morgan fingerprint density at radius 1 is 1.40 bits per heavy atom. The maximum Gasteiger partial charge on any atom is 0.167 e. The molecule has 3 atom stereocenters. The lowest BCUT2D eigenvalue weighted by Gasteiger charge is -2.14. The Balaban J connectivity index is 2.00. The molecule has 0 aliphatic carbocycles. The van der Waals surface area contributed by atoms with Crippen LogP contribution in [0.4, 0.5) is 5.82 Å². The molecule has 2 N–H and O–H groups in total. The molecule has 1 saturated heterocycles. The van der Waals surface area contributed by atoms with E-state index in [1.165, 1.54) is 6.33 Å². The van der Waals surface area contributed by atoms with Gasteiger partial charge in [-0.05, 0) is 0 Å².